The average Bonchev–Trinajstić information content (AvgIpc) is 2.90. The Balaban J connectivity index is 2.00. The molecule has 0 radical (unpaired) electrons. The Bertz CT molecular complexity index is 417. The molecule has 2 saturated carbocycles. The van der Waals surface area contributed by atoms with Crippen LogP contribution in [0.5, 0.6) is 0 Å². The fraction of sp³-hybridized carbons (Fsp3) is 0.842. The summed E-state index contributed by atoms with van der Waals surface area (Å²) in [5.74, 6) is 2.20. The van der Waals surface area contributed by atoms with Crippen LogP contribution in [0, 0.1) is 29.1 Å². The maximum atomic E-state index is 12.7. The van der Waals surface area contributed by atoms with E-state index in [1.807, 2.05) is 0 Å². The summed E-state index contributed by atoms with van der Waals surface area (Å²) in [4.78, 5) is 12.7. The first-order valence-corrected chi connectivity index (χ1v) is 8.70. The van der Waals surface area contributed by atoms with E-state index < -0.39 is 0 Å². The molecule has 2 nitrogen and oxygen atoms in total. The van der Waals surface area contributed by atoms with Gasteiger partial charge in [0.15, 0.2) is 0 Å². The van der Waals surface area contributed by atoms with Gasteiger partial charge in [-0.15, -0.1) is 0 Å². The molecule has 1 amide bonds. The van der Waals surface area contributed by atoms with Gasteiger partial charge in [-0.1, -0.05) is 52.2 Å². The summed E-state index contributed by atoms with van der Waals surface area (Å²) in [6.07, 6.45) is 7.30. The van der Waals surface area contributed by atoms with Crippen molar-refractivity contribution in [2.24, 2.45) is 29.1 Å². The summed E-state index contributed by atoms with van der Waals surface area (Å²) < 4.78 is 0. The van der Waals surface area contributed by atoms with Crippen LogP contribution < -0.4 is 5.32 Å². The first-order valence-electron chi connectivity index (χ1n) is 8.70. The third-order valence-corrected chi connectivity index (χ3v) is 5.71. The number of nitrogens with one attached hydrogen (secondary N) is 1. The molecule has 2 heteroatoms. The summed E-state index contributed by atoms with van der Waals surface area (Å²) in [6.45, 7) is 13.3. The summed E-state index contributed by atoms with van der Waals surface area (Å²) in [7, 11) is 0. The summed E-state index contributed by atoms with van der Waals surface area (Å²) in [5.41, 5.74) is 1.45. The summed E-state index contributed by atoms with van der Waals surface area (Å²) in [6, 6.07) is 0.398. The quantitative estimate of drug-likeness (QED) is 0.756. The Hall–Kier alpha value is -0.790. The maximum absolute atomic E-state index is 12.7. The Kier molecular flexibility index (Phi) is 4.85. The number of carbonyl (C=O) groups excluding carboxylic acids is 1. The molecule has 1 N–H and O–H groups in total. The highest BCUT2D eigenvalue weighted by atomic mass is 16.2. The van der Waals surface area contributed by atoms with E-state index in [9.17, 15) is 4.79 Å². The van der Waals surface area contributed by atoms with Gasteiger partial charge in [-0.2, -0.15) is 0 Å². The van der Waals surface area contributed by atoms with Crippen molar-refractivity contribution in [3.63, 3.8) is 0 Å². The smallest absolute Gasteiger partial charge is 0.224 e. The number of hydrogen-bond donors (Lipinski definition) is 1. The van der Waals surface area contributed by atoms with Gasteiger partial charge < -0.3 is 5.32 Å². The van der Waals surface area contributed by atoms with Gasteiger partial charge in [-0.3, -0.25) is 4.79 Å². The Labute approximate surface area is 130 Å². The number of hydrogen-bond acceptors (Lipinski definition) is 1. The topological polar surface area (TPSA) is 29.1 Å². The van der Waals surface area contributed by atoms with E-state index in [0.717, 1.165) is 6.42 Å². The molecule has 21 heavy (non-hydrogen) atoms. The number of amides is 1. The van der Waals surface area contributed by atoms with Gasteiger partial charge in [0.25, 0.3) is 0 Å². The molecule has 2 rings (SSSR count). The van der Waals surface area contributed by atoms with E-state index in [0.29, 0.717) is 29.7 Å². The normalized spacial score (nSPS) is 34.4. The SMILES string of the molecule is CC(C)=C[C@@H]1[C@H](C(=O)N[C@@H]2CCCC[C@@H]2C(C)C)C1(C)C. The summed E-state index contributed by atoms with van der Waals surface area (Å²) in [5, 5.41) is 3.40. The minimum absolute atomic E-state index is 0.128. The molecule has 2 fully saturated rings. The van der Waals surface area contributed by atoms with Crippen molar-refractivity contribution >= 4 is 5.91 Å². The molecule has 2 aliphatic carbocycles. The van der Waals surface area contributed by atoms with Crippen LogP contribution in [0.25, 0.3) is 0 Å². The lowest BCUT2D eigenvalue weighted by Gasteiger charge is -2.35. The fourth-order valence-electron chi connectivity index (χ4n) is 4.26. The number of carbonyl (C=O) groups is 1. The zero-order chi connectivity index (χ0) is 15.8. The predicted molar refractivity (Wildman–Crippen MR) is 88.9 cm³/mol. The van der Waals surface area contributed by atoms with Gasteiger partial charge in [0.2, 0.25) is 5.91 Å². The molecule has 0 saturated heterocycles. The van der Waals surface area contributed by atoms with Crippen LogP contribution in [-0.2, 0) is 4.79 Å². The lowest BCUT2D eigenvalue weighted by molar-refractivity contribution is -0.124. The molecule has 2 aliphatic rings. The van der Waals surface area contributed by atoms with Gasteiger partial charge in [0.05, 0.1) is 5.92 Å². The molecule has 0 heterocycles. The highest BCUT2D eigenvalue weighted by Crippen LogP contribution is 2.59. The van der Waals surface area contributed by atoms with Crippen LogP contribution in [0.15, 0.2) is 11.6 Å². The number of rotatable bonds is 4. The van der Waals surface area contributed by atoms with Gasteiger partial charge >= 0.3 is 0 Å². The van der Waals surface area contributed by atoms with Crippen LogP contribution >= 0.6 is 0 Å². The molecule has 4 atom stereocenters. The van der Waals surface area contributed by atoms with E-state index in [-0.39, 0.29) is 11.3 Å². The van der Waals surface area contributed by atoms with Crippen LogP contribution in [0.1, 0.15) is 67.2 Å². The first kappa shape index (κ1) is 16.6. The highest BCUT2D eigenvalue weighted by molar-refractivity contribution is 5.84. The second kappa shape index (κ2) is 6.14. The minimum Gasteiger partial charge on any atom is -0.353 e. The molecule has 0 unspecified atom stereocenters. The van der Waals surface area contributed by atoms with Crippen LogP contribution in [0.4, 0.5) is 0 Å². The van der Waals surface area contributed by atoms with E-state index in [2.05, 4.69) is 52.9 Å². The van der Waals surface area contributed by atoms with E-state index >= 15 is 0 Å². The Morgan fingerprint density at radius 1 is 1.19 bits per heavy atom. The van der Waals surface area contributed by atoms with E-state index in [1.165, 1.54) is 24.8 Å². The van der Waals surface area contributed by atoms with Crippen molar-refractivity contribution in [1.82, 2.24) is 5.32 Å². The average molecular weight is 291 g/mol. The molecular weight excluding hydrogens is 258 g/mol. The van der Waals surface area contributed by atoms with Gasteiger partial charge in [-0.05, 0) is 49.9 Å². The van der Waals surface area contributed by atoms with Crippen molar-refractivity contribution in [3.05, 3.63) is 11.6 Å². The molecule has 0 aromatic heterocycles. The molecule has 0 bridgehead atoms. The maximum Gasteiger partial charge on any atom is 0.224 e. The third-order valence-electron chi connectivity index (χ3n) is 5.71. The zero-order valence-electron chi connectivity index (χ0n) is 14.7. The molecule has 0 aromatic rings. The molecular formula is C19H33NO. The highest BCUT2D eigenvalue weighted by Gasteiger charge is 2.60. The predicted octanol–water partition coefficient (Wildman–Crippen LogP) is 4.56. The molecule has 120 valence electrons. The standard InChI is InChI=1S/C19H33NO/c1-12(2)11-15-17(19(15,5)6)18(21)20-16-10-8-7-9-14(16)13(3)4/h11,13-17H,7-10H2,1-6H3,(H,20,21)/t14-,15-,16-,17-/m1/s1. The zero-order valence-corrected chi connectivity index (χ0v) is 14.7. The van der Waals surface area contributed by atoms with Crippen molar-refractivity contribution in [2.45, 2.75) is 73.3 Å². The summed E-state index contributed by atoms with van der Waals surface area (Å²) >= 11 is 0. The Morgan fingerprint density at radius 3 is 2.38 bits per heavy atom. The third kappa shape index (κ3) is 3.52. The molecule has 0 spiro atoms. The van der Waals surface area contributed by atoms with Crippen LogP contribution in [-0.4, -0.2) is 11.9 Å². The molecule has 0 aromatic carbocycles. The van der Waals surface area contributed by atoms with E-state index in [1.54, 1.807) is 0 Å². The van der Waals surface area contributed by atoms with Crippen molar-refractivity contribution in [3.8, 4) is 0 Å². The second-order valence-electron chi connectivity index (χ2n) is 8.38. The lowest BCUT2D eigenvalue weighted by Crippen LogP contribution is -2.45. The largest absolute Gasteiger partial charge is 0.353 e. The van der Waals surface area contributed by atoms with Crippen molar-refractivity contribution in [1.29, 1.82) is 0 Å². The van der Waals surface area contributed by atoms with Crippen LogP contribution in [0.2, 0.25) is 0 Å². The fourth-order valence-corrected chi connectivity index (χ4v) is 4.26. The van der Waals surface area contributed by atoms with Gasteiger partial charge in [0, 0.05) is 6.04 Å². The number of allylic oxidation sites excluding steroid dienone is 2. The van der Waals surface area contributed by atoms with Crippen LogP contribution in [0.3, 0.4) is 0 Å². The molecule has 0 aliphatic heterocycles. The first-order chi connectivity index (χ1) is 9.75. The lowest BCUT2D eigenvalue weighted by atomic mass is 9.78. The Morgan fingerprint density at radius 2 is 1.81 bits per heavy atom. The minimum atomic E-state index is 0.128. The van der Waals surface area contributed by atoms with Gasteiger partial charge in [0.1, 0.15) is 0 Å². The van der Waals surface area contributed by atoms with Crippen molar-refractivity contribution < 1.29 is 4.79 Å². The van der Waals surface area contributed by atoms with Gasteiger partial charge in [-0.25, -0.2) is 0 Å². The van der Waals surface area contributed by atoms with E-state index in [4.69, 9.17) is 0 Å². The monoisotopic (exact) mass is 291 g/mol. The second-order valence-corrected chi connectivity index (χ2v) is 8.38. The van der Waals surface area contributed by atoms with Crippen molar-refractivity contribution in [2.75, 3.05) is 0 Å².